The normalized spacial score (nSPS) is 11.9. The maximum absolute atomic E-state index is 13.0. The molecule has 100 valence electrons. The van der Waals surface area contributed by atoms with Crippen LogP contribution in [0.3, 0.4) is 0 Å². The van der Waals surface area contributed by atoms with Crippen LogP contribution in [0.25, 0.3) is 21.5 Å². The fourth-order valence-electron chi connectivity index (χ4n) is 2.40. The van der Waals surface area contributed by atoms with E-state index in [9.17, 15) is 13.2 Å². The van der Waals surface area contributed by atoms with Gasteiger partial charge in [-0.1, -0.05) is 60.7 Å². The molecule has 0 aliphatic carbocycles. The summed E-state index contributed by atoms with van der Waals surface area (Å²) in [5.41, 5.74) is 0.0983. The fourth-order valence-corrected chi connectivity index (χ4v) is 2.62. The third-order valence-electron chi connectivity index (χ3n) is 3.26. The number of halogens is 3. The summed E-state index contributed by atoms with van der Waals surface area (Å²) in [7, 11) is 0. The highest BCUT2D eigenvalue weighted by molar-refractivity contribution is 7.81. The Bertz CT molecular complexity index is 765. The van der Waals surface area contributed by atoms with Crippen molar-refractivity contribution in [3.63, 3.8) is 0 Å². The smallest absolute Gasteiger partial charge is 0.165 e. The number of fused-ring (bicyclic) bond motifs is 2. The van der Waals surface area contributed by atoms with Crippen LogP contribution >= 0.6 is 12.2 Å². The first-order valence-electron chi connectivity index (χ1n) is 6.00. The van der Waals surface area contributed by atoms with Crippen molar-refractivity contribution in [2.24, 2.45) is 0 Å². The third kappa shape index (κ3) is 2.06. The highest BCUT2D eigenvalue weighted by atomic mass is 32.1. The Morgan fingerprint density at radius 1 is 0.800 bits per heavy atom. The molecular weight excluding hydrogens is 281 g/mol. The van der Waals surface area contributed by atoms with E-state index in [0.717, 1.165) is 10.8 Å². The van der Waals surface area contributed by atoms with Crippen LogP contribution in [0.5, 0.6) is 0 Å². The van der Waals surface area contributed by atoms with Crippen LogP contribution < -0.4 is 0 Å². The quantitative estimate of drug-likeness (QED) is 0.334. The molecule has 0 aliphatic rings. The Labute approximate surface area is 118 Å². The first kappa shape index (κ1) is 13.1. The molecule has 0 bridgehead atoms. The Kier molecular flexibility index (Phi) is 2.98. The SMILES string of the molecule is FC(F)(F)C(=S)c1c2ccccc2cc2ccccc12. The molecule has 0 unspecified atom stereocenters. The molecule has 3 aromatic carbocycles. The molecule has 0 atom stereocenters. The first-order valence-corrected chi connectivity index (χ1v) is 6.41. The molecule has 0 N–H and O–H groups in total. The van der Waals surface area contributed by atoms with Crippen molar-refractivity contribution < 1.29 is 13.2 Å². The summed E-state index contributed by atoms with van der Waals surface area (Å²) in [5.74, 6) is 0. The van der Waals surface area contributed by atoms with E-state index < -0.39 is 11.0 Å². The second-order valence-corrected chi connectivity index (χ2v) is 4.93. The van der Waals surface area contributed by atoms with Crippen LogP contribution in [0.15, 0.2) is 54.6 Å². The minimum absolute atomic E-state index is 0.0983. The van der Waals surface area contributed by atoms with Gasteiger partial charge in [0.15, 0.2) is 0 Å². The predicted molar refractivity (Wildman–Crippen MR) is 79.2 cm³/mol. The lowest BCUT2D eigenvalue weighted by molar-refractivity contribution is -0.0555. The number of alkyl halides is 3. The Morgan fingerprint density at radius 2 is 1.25 bits per heavy atom. The maximum Gasteiger partial charge on any atom is 0.427 e. The van der Waals surface area contributed by atoms with Gasteiger partial charge >= 0.3 is 6.18 Å². The lowest BCUT2D eigenvalue weighted by Gasteiger charge is -2.14. The molecule has 0 saturated heterocycles. The van der Waals surface area contributed by atoms with Gasteiger partial charge in [0.2, 0.25) is 0 Å². The average molecular weight is 290 g/mol. The monoisotopic (exact) mass is 290 g/mol. The lowest BCUT2D eigenvalue weighted by atomic mass is 9.94. The molecule has 0 heterocycles. The van der Waals surface area contributed by atoms with Gasteiger partial charge in [0.1, 0.15) is 4.86 Å². The molecule has 0 radical (unpaired) electrons. The van der Waals surface area contributed by atoms with Crippen LogP contribution in [-0.4, -0.2) is 11.0 Å². The standard InChI is InChI=1S/C16H9F3S/c17-16(18,19)15(20)14-12-7-3-1-5-10(12)9-11-6-2-4-8-13(11)14/h1-9H. The maximum atomic E-state index is 13.0. The molecule has 20 heavy (non-hydrogen) atoms. The Balaban J connectivity index is 2.49. The van der Waals surface area contributed by atoms with E-state index in [2.05, 4.69) is 12.2 Å². The summed E-state index contributed by atoms with van der Waals surface area (Å²) in [5, 5.41) is 2.59. The van der Waals surface area contributed by atoms with Crippen molar-refractivity contribution in [3.8, 4) is 0 Å². The van der Waals surface area contributed by atoms with Crippen LogP contribution in [0, 0.1) is 0 Å². The zero-order valence-electron chi connectivity index (χ0n) is 10.2. The van der Waals surface area contributed by atoms with E-state index in [1.807, 2.05) is 6.07 Å². The minimum Gasteiger partial charge on any atom is -0.165 e. The van der Waals surface area contributed by atoms with E-state index in [0.29, 0.717) is 10.8 Å². The van der Waals surface area contributed by atoms with Crippen LogP contribution in [0.1, 0.15) is 5.56 Å². The van der Waals surface area contributed by atoms with Crippen molar-refractivity contribution in [2.45, 2.75) is 6.18 Å². The summed E-state index contributed by atoms with van der Waals surface area (Å²) < 4.78 is 39.1. The zero-order valence-corrected chi connectivity index (χ0v) is 11.1. The number of thiocarbonyl (C=S) groups is 1. The molecule has 0 amide bonds. The predicted octanol–water partition coefficient (Wildman–Crippen LogP) is 5.27. The summed E-state index contributed by atoms with van der Waals surface area (Å²) in [6.45, 7) is 0. The van der Waals surface area contributed by atoms with Gasteiger partial charge in [-0.3, -0.25) is 0 Å². The Hall–Kier alpha value is -1.94. The van der Waals surface area contributed by atoms with E-state index in [1.165, 1.54) is 0 Å². The number of benzene rings is 3. The van der Waals surface area contributed by atoms with Gasteiger partial charge in [-0.15, -0.1) is 0 Å². The molecule has 0 spiro atoms. The van der Waals surface area contributed by atoms with Gasteiger partial charge < -0.3 is 0 Å². The molecule has 0 nitrogen and oxygen atoms in total. The average Bonchev–Trinajstić information content (AvgIpc) is 2.43. The zero-order chi connectivity index (χ0) is 14.3. The van der Waals surface area contributed by atoms with E-state index >= 15 is 0 Å². The molecule has 0 aromatic heterocycles. The number of hydrogen-bond acceptors (Lipinski definition) is 1. The van der Waals surface area contributed by atoms with E-state index in [4.69, 9.17) is 0 Å². The van der Waals surface area contributed by atoms with Gasteiger partial charge in [-0.2, -0.15) is 13.2 Å². The van der Waals surface area contributed by atoms with Gasteiger partial charge in [0.25, 0.3) is 0 Å². The topological polar surface area (TPSA) is 0 Å². The van der Waals surface area contributed by atoms with Crippen molar-refractivity contribution in [2.75, 3.05) is 0 Å². The summed E-state index contributed by atoms with van der Waals surface area (Å²) >= 11 is 4.69. The van der Waals surface area contributed by atoms with Gasteiger partial charge in [0, 0.05) is 5.56 Å². The van der Waals surface area contributed by atoms with Crippen molar-refractivity contribution in [3.05, 3.63) is 60.2 Å². The molecule has 3 rings (SSSR count). The number of hydrogen-bond donors (Lipinski definition) is 0. The second kappa shape index (κ2) is 4.56. The number of rotatable bonds is 1. The van der Waals surface area contributed by atoms with E-state index in [-0.39, 0.29) is 5.56 Å². The first-order chi connectivity index (χ1) is 9.48. The van der Waals surface area contributed by atoms with Gasteiger partial charge in [0.05, 0.1) is 0 Å². The van der Waals surface area contributed by atoms with Crippen molar-refractivity contribution >= 4 is 38.6 Å². The van der Waals surface area contributed by atoms with Crippen LogP contribution in [0.4, 0.5) is 13.2 Å². The highest BCUT2D eigenvalue weighted by Gasteiger charge is 2.36. The lowest BCUT2D eigenvalue weighted by Crippen LogP contribution is -2.22. The molecule has 0 saturated carbocycles. The van der Waals surface area contributed by atoms with Gasteiger partial charge in [-0.05, 0) is 27.6 Å². The summed E-state index contributed by atoms with van der Waals surface area (Å²) in [4.78, 5) is -0.967. The van der Waals surface area contributed by atoms with Crippen LogP contribution in [0.2, 0.25) is 0 Å². The largest absolute Gasteiger partial charge is 0.427 e. The van der Waals surface area contributed by atoms with Crippen LogP contribution in [-0.2, 0) is 0 Å². The van der Waals surface area contributed by atoms with Crippen molar-refractivity contribution in [1.29, 1.82) is 0 Å². The van der Waals surface area contributed by atoms with Crippen molar-refractivity contribution in [1.82, 2.24) is 0 Å². The molecule has 3 aromatic rings. The van der Waals surface area contributed by atoms with Gasteiger partial charge in [-0.25, -0.2) is 0 Å². The minimum atomic E-state index is -4.51. The fraction of sp³-hybridized carbons (Fsp3) is 0.0625. The molecule has 0 fully saturated rings. The summed E-state index contributed by atoms with van der Waals surface area (Å²) in [6, 6.07) is 15.9. The highest BCUT2D eigenvalue weighted by Crippen LogP contribution is 2.33. The summed E-state index contributed by atoms with van der Waals surface area (Å²) in [6.07, 6.45) is -4.51. The second-order valence-electron chi connectivity index (χ2n) is 4.52. The van der Waals surface area contributed by atoms with E-state index in [1.54, 1.807) is 48.5 Å². The third-order valence-corrected chi connectivity index (χ3v) is 3.69. The molecule has 0 aliphatic heterocycles. The Morgan fingerprint density at radius 3 is 1.70 bits per heavy atom. The molecular formula is C16H9F3S. The molecule has 4 heteroatoms.